The van der Waals surface area contributed by atoms with Crippen molar-refractivity contribution in [1.82, 2.24) is 10.6 Å². The van der Waals surface area contributed by atoms with Crippen molar-refractivity contribution in [2.45, 2.75) is 19.4 Å². The topological polar surface area (TPSA) is 50.4 Å². The summed E-state index contributed by atoms with van der Waals surface area (Å²) in [6.45, 7) is 2.63. The highest BCUT2D eigenvalue weighted by molar-refractivity contribution is 5.76. The largest absolute Gasteiger partial charge is 0.457 e. The molecular formula is C18H22N2O2. The summed E-state index contributed by atoms with van der Waals surface area (Å²) in [5.74, 6) is 1.56. The Hall–Kier alpha value is -2.33. The second-order valence-corrected chi connectivity index (χ2v) is 5.10. The molecule has 2 aromatic carbocycles. The first kappa shape index (κ1) is 16.0. The van der Waals surface area contributed by atoms with E-state index in [1.807, 2.05) is 68.6 Å². The Morgan fingerprint density at radius 3 is 2.50 bits per heavy atom. The number of hydrogen-bond acceptors (Lipinski definition) is 3. The first-order valence-electron chi connectivity index (χ1n) is 7.46. The average Bonchev–Trinajstić information content (AvgIpc) is 2.54. The Bertz CT molecular complexity index is 599. The van der Waals surface area contributed by atoms with Crippen molar-refractivity contribution in [2.75, 3.05) is 13.6 Å². The highest BCUT2D eigenvalue weighted by atomic mass is 16.5. The van der Waals surface area contributed by atoms with Gasteiger partial charge in [0.25, 0.3) is 0 Å². The lowest BCUT2D eigenvalue weighted by Crippen LogP contribution is -2.29. The Balaban J connectivity index is 2.09. The summed E-state index contributed by atoms with van der Waals surface area (Å²) < 4.78 is 5.93. The molecule has 0 aromatic heterocycles. The molecule has 22 heavy (non-hydrogen) atoms. The van der Waals surface area contributed by atoms with Crippen molar-refractivity contribution < 1.29 is 9.53 Å². The van der Waals surface area contributed by atoms with Crippen LogP contribution in [0.3, 0.4) is 0 Å². The number of para-hydroxylation sites is 2. The predicted octanol–water partition coefficient (Wildman–Crippen LogP) is 3.27. The second-order valence-electron chi connectivity index (χ2n) is 5.10. The third kappa shape index (κ3) is 4.60. The summed E-state index contributed by atoms with van der Waals surface area (Å²) in [6.07, 6.45) is 0.461. The maximum Gasteiger partial charge on any atom is 0.221 e. The van der Waals surface area contributed by atoms with Crippen LogP contribution in [0.15, 0.2) is 54.6 Å². The zero-order valence-electron chi connectivity index (χ0n) is 13.0. The van der Waals surface area contributed by atoms with E-state index in [2.05, 4.69) is 10.6 Å². The van der Waals surface area contributed by atoms with Crippen molar-refractivity contribution in [3.05, 3.63) is 60.2 Å². The summed E-state index contributed by atoms with van der Waals surface area (Å²) in [7, 11) is 1.83. The molecule has 1 unspecified atom stereocenters. The molecule has 1 amide bonds. The van der Waals surface area contributed by atoms with Gasteiger partial charge in [-0.1, -0.05) is 36.4 Å². The minimum absolute atomic E-state index is 0.0244. The molecule has 0 heterocycles. The summed E-state index contributed by atoms with van der Waals surface area (Å²) >= 11 is 0. The van der Waals surface area contributed by atoms with Gasteiger partial charge in [0.1, 0.15) is 11.5 Å². The number of rotatable bonds is 7. The van der Waals surface area contributed by atoms with Crippen molar-refractivity contribution in [3.63, 3.8) is 0 Å². The highest BCUT2D eigenvalue weighted by Crippen LogP contribution is 2.29. The number of nitrogens with one attached hydrogen (secondary N) is 2. The molecule has 2 aromatic rings. The van der Waals surface area contributed by atoms with Gasteiger partial charge in [0, 0.05) is 18.5 Å². The van der Waals surface area contributed by atoms with E-state index in [0.29, 0.717) is 13.0 Å². The minimum Gasteiger partial charge on any atom is -0.457 e. The third-order valence-electron chi connectivity index (χ3n) is 3.34. The van der Waals surface area contributed by atoms with Crippen LogP contribution in [0.25, 0.3) is 0 Å². The fraction of sp³-hybridized carbons (Fsp3) is 0.278. The molecule has 2 rings (SSSR count). The smallest absolute Gasteiger partial charge is 0.221 e. The zero-order valence-corrected chi connectivity index (χ0v) is 13.0. The minimum atomic E-state index is -0.107. The molecule has 0 radical (unpaired) electrons. The Morgan fingerprint density at radius 1 is 1.09 bits per heavy atom. The number of carbonyl (C=O) groups is 1. The lowest BCUT2D eigenvalue weighted by atomic mass is 10.1. The average molecular weight is 298 g/mol. The molecule has 0 saturated heterocycles. The van der Waals surface area contributed by atoms with Gasteiger partial charge in [0.15, 0.2) is 0 Å². The number of hydrogen-bond donors (Lipinski definition) is 2. The van der Waals surface area contributed by atoms with E-state index in [0.717, 1.165) is 17.1 Å². The molecule has 0 aliphatic rings. The molecule has 4 nitrogen and oxygen atoms in total. The monoisotopic (exact) mass is 298 g/mol. The quantitative estimate of drug-likeness (QED) is 0.825. The zero-order chi connectivity index (χ0) is 15.8. The SMILES string of the molecule is CNCCC(=O)NC(C)c1ccccc1Oc1ccccc1. The van der Waals surface area contributed by atoms with Gasteiger partial charge in [-0.2, -0.15) is 0 Å². The van der Waals surface area contributed by atoms with E-state index in [4.69, 9.17) is 4.74 Å². The molecule has 0 fully saturated rings. The Labute approximate surface area is 131 Å². The number of ether oxygens (including phenoxy) is 1. The second kappa shape index (κ2) is 8.20. The molecule has 116 valence electrons. The van der Waals surface area contributed by atoms with Crippen molar-refractivity contribution >= 4 is 5.91 Å². The normalized spacial score (nSPS) is 11.7. The molecule has 0 saturated carbocycles. The van der Waals surface area contributed by atoms with Crippen LogP contribution in [0.4, 0.5) is 0 Å². The van der Waals surface area contributed by atoms with Gasteiger partial charge < -0.3 is 15.4 Å². The molecule has 0 spiro atoms. The number of amides is 1. The molecular weight excluding hydrogens is 276 g/mol. The van der Waals surface area contributed by atoms with E-state index in [1.54, 1.807) is 0 Å². The van der Waals surface area contributed by atoms with Crippen molar-refractivity contribution in [3.8, 4) is 11.5 Å². The Morgan fingerprint density at radius 2 is 1.77 bits per heavy atom. The van der Waals surface area contributed by atoms with Gasteiger partial charge in [0.2, 0.25) is 5.91 Å². The van der Waals surface area contributed by atoms with E-state index >= 15 is 0 Å². The predicted molar refractivity (Wildman–Crippen MR) is 88.1 cm³/mol. The highest BCUT2D eigenvalue weighted by Gasteiger charge is 2.14. The van der Waals surface area contributed by atoms with E-state index in [-0.39, 0.29) is 11.9 Å². The molecule has 4 heteroatoms. The standard InChI is InChI=1S/C18H22N2O2/c1-14(20-18(21)12-13-19-2)16-10-6-7-11-17(16)22-15-8-4-3-5-9-15/h3-11,14,19H,12-13H2,1-2H3,(H,20,21). The van der Waals surface area contributed by atoms with Crippen molar-refractivity contribution in [1.29, 1.82) is 0 Å². The Kier molecular flexibility index (Phi) is 5.98. The van der Waals surface area contributed by atoms with Crippen LogP contribution in [-0.4, -0.2) is 19.5 Å². The molecule has 2 N–H and O–H groups in total. The van der Waals surface area contributed by atoms with Gasteiger partial charge in [0.05, 0.1) is 6.04 Å². The first-order chi connectivity index (χ1) is 10.7. The van der Waals surface area contributed by atoms with Crippen LogP contribution in [0, 0.1) is 0 Å². The summed E-state index contributed by atoms with van der Waals surface area (Å²) in [6, 6.07) is 17.3. The summed E-state index contributed by atoms with van der Waals surface area (Å²) in [5.41, 5.74) is 0.962. The van der Waals surface area contributed by atoms with Crippen LogP contribution in [0.2, 0.25) is 0 Å². The first-order valence-corrected chi connectivity index (χ1v) is 7.46. The van der Waals surface area contributed by atoms with Gasteiger partial charge in [-0.05, 0) is 32.2 Å². The lowest BCUT2D eigenvalue weighted by Gasteiger charge is -2.18. The fourth-order valence-corrected chi connectivity index (χ4v) is 2.18. The van der Waals surface area contributed by atoms with Gasteiger partial charge in [-0.15, -0.1) is 0 Å². The van der Waals surface area contributed by atoms with Gasteiger partial charge in [-0.25, -0.2) is 0 Å². The van der Waals surface area contributed by atoms with Crippen LogP contribution < -0.4 is 15.4 Å². The molecule has 0 aliphatic carbocycles. The number of benzene rings is 2. The van der Waals surface area contributed by atoms with Crippen LogP contribution >= 0.6 is 0 Å². The van der Waals surface area contributed by atoms with Crippen LogP contribution in [0.1, 0.15) is 24.9 Å². The summed E-state index contributed by atoms with van der Waals surface area (Å²) in [5, 5.41) is 5.97. The van der Waals surface area contributed by atoms with Gasteiger partial charge >= 0.3 is 0 Å². The maximum atomic E-state index is 11.9. The molecule has 0 bridgehead atoms. The maximum absolute atomic E-state index is 11.9. The van der Waals surface area contributed by atoms with E-state index in [1.165, 1.54) is 0 Å². The van der Waals surface area contributed by atoms with E-state index in [9.17, 15) is 4.79 Å². The molecule has 1 atom stereocenters. The lowest BCUT2D eigenvalue weighted by molar-refractivity contribution is -0.121. The molecule has 0 aliphatic heterocycles. The van der Waals surface area contributed by atoms with Gasteiger partial charge in [-0.3, -0.25) is 4.79 Å². The third-order valence-corrected chi connectivity index (χ3v) is 3.34. The van der Waals surface area contributed by atoms with Crippen LogP contribution in [-0.2, 0) is 4.79 Å². The summed E-state index contributed by atoms with van der Waals surface area (Å²) in [4.78, 5) is 11.9. The fourth-order valence-electron chi connectivity index (χ4n) is 2.18. The van der Waals surface area contributed by atoms with Crippen LogP contribution in [0.5, 0.6) is 11.5 Å². The van der Waals surface area contributed by atoms with E-state index < -0.39 is 0 Å². The number of carbonyl (C=O) groups excluding carboxylic acids is 1. The van der Waals surface area contributed by atoms with Crippen molar-refractivity contribution in [2.24, 2.45) is 0 Å².